The number of rotatable bonds is 2. The molecule has 1 atom stereocenters. The highest BCUT2D eigenvalue weighted by molar-refractivity contribution is 6.30. The number of amides is 1. The molecule has 0 saturated carbocycles. The Balaban J connectivity index is 2.11. The fourth-order valence-corrected chi connectivity index (χ4v) is 3.27. The van der Waals surface area contributed by atoms with Gasteiger partial charge in [0.2, 0.25) is 5.91 Å². The Morgan fingerprint density at radius 1 is 1.38 bits per heavy atom. The van der Waals surface area contributed by atoms with E-state index in [0.717, 1.165) is 35.4 Å². The van der Waals surface area contributed by atoms with E-state index in [2.05, 4.69) is 24.0 Å². The van der Waals surface area contributed by atoms with E-state index < -0.39 is 0 Å². The van der Waals surface area contributed by atoms with Crippen LogP contribution in [0.3, 0.4) is 0 Å². The van der Waals surface area contributed by atoms with Crippen LogP contribution in [0.4, 0.5) is 0 Å². The van der Waals surface area contributed by atoms with Gasteiger partial charge in [0.15, 0.2) is 0 Å². The zero-order chi connectivity index (χ0) is 15.2. The van der Waals surface area contributed by atoms with Gasteiger partial charge in [-0.1, -0.05) is 37.6 Å². The van der Waals surface area contributed by atoms with E-state index in [-0.39, 0.29) is 17.2 Å². The molecular weight excluding hydrogens is 286 g/mol. The summed E-state index contributed by atoms with van der Waals surface area (Å²) in [5.41, 5.74) is 9.44. The summed E-state index contributed by atoms with van der Waals surface area (Å²) in [4.78, 5) is 11.8. The molecule has 1 aliphatic carbocycles. The fourth-order valence-electron chi connectivity index (χ4n) is 3.14. The molecule has 2 aromatic rings. The lowest BCUT2D eigenvalue weighted by Crippen LogP contribution is -2.33. The van der Waals surface area contributed by atoms with Gasteiger partial charge in [0.25, 0.3) is 0 Å². The summed E-state index contributed by atoms with van der Waals surface area (Å²) in [6.07, 6.45) is 1.62. The second-order valence-corrected chi connectivity index (χ2v) is 6.91. The van der Waals surface area contributed by atoms with Crippen LogP contribution in [-0.4, -0.2) is 16.1 Å². The minimum atomic E-state index is -0.296. The molecule has 1 heterocycles. The summed E-state index contributed by atoms with van der Waals surface area (Å²) in [5.74, 6) is -0.590. The number of hydrogen-bond acceptors (Lipinski definition) is 2. The van der Waals surface area contributed by atoms with Gasteiger partial charge in [-0.15, -0.1) is 0 Å². The van der Waals surface area contributed by atoms with Crippen LogP contribution in [0.2, 0.25) is 5.02 Å². The van der Waals surface area contributed by atoms with Crippen molar-refractivity contribution in [2.75, 3.05) is 0 Å². The highest BCUT2D eigenvalue weighted by atomic mass is 35.5. The molecule has 0 saturated heterocycles. The van der Waals surface area contributed by atoms with Crippen molar-refractivity contribution in [2.24, 2.45) is 11.1 Å². The monoisotopic (exact) mass is 303 g/mol. The molecule has 4 nitrogen and oxygen atoms in total. The first-order valence-electron chi connectivity index (χ1n) is 7.00. The van der Waals surface area contributed by atoms with Crippen molar-refractivity contribution in [3.8, 4) is 11.3 Å². The van der Waals surface area contributed by atoms with E-state index in [9.17, 15) is 4.79 Å². The fraction of sp³-hybridized carbons (Fsp3) is 0.375. The first-order chi connectivity index (χ1) is 9.87. The molecule has 1 aliphatic rings. The maximum atomic E-state index is 11.8. The average molecular weight is 304 g/mol. The van der Waals surface area contributed by atoms with Gasteiger partial charge in [0.1, 0.15) is 0 Å². The Kier molecular flexibility index (Phi) is 3.29. The number of carbonyl (C=O) groups excluding carboxylic acids is 1. The normalized spacial score (nSPS) is 20.0. The van der Waals surface area contributed by atoms with E-state index in [1.807, 2.05) is 24.3 Å². The zero-order valence-corrected chi connectivity index (χ0v) is 12.9. The molecule has 1 aromatic carbocycles. The number of H-pyrrole nitrogens is 1. The lowest BCUT2D eigenvalue weighted by Gasteiger charge is -2.33. The molecular formula is C16H18ClN3O. The quantitative estimate of drug-likeness (QED) is 0.893. The number of nitrogens with one attached hydrogen (secondary N) is 1. The summed E-state index contributed by atoms with van der Waals surface area (Å²) in [6.45, 7) is 4.31. The second kappa shape index (κ2) is 4.88. The topological polar surface area (TPSA) is 71.8 Å². The van der Waals surface area contributed by atoms with Crippen LogP contribution in [0.5, 0.6) is 0 Å². The Hall–Kier alpha value is -1.81. The standard InChI is InChI=1S/C16H18ClN3O/c1-16(2)7-11-13(9-3-5-10(17)6-4-9)19-20-14(11)12(8-16)15(18)21/h3-6,12H,7-8H2,1-2H3,(H2,18,21)(H,19,20). The van der Waals surface area contributed by atoms with Crippen LogP contribution in [0.1, 0.15) is 37.4 Å². The molecule has 5 heteroatoms. The van der Waals surface area contributed by atoms with Crippen molar-refractivity contribution in [1.29, 1.82) is 0 Å². The molecule has 1 unspecified atom stereocenters. The van der Waals surface area contributed by atoms with Crippen molar-refractivity contribution in [3.63, 3.8) is 0 Å². The Morgan fingerprint density at radius 3 is 2.67 bits per heavy atom. The van der Waals surface area contributed by atoms with Crippen LogP contribution < -0.4 is 5.73 Å². The van der Waals surface area contributed by atoms with Gasteiger partial charge >= 0.3 is 0 Å². The lowest BCUT2D eigenvalue weighted by molar-refractivity contribution is -0.120. The summed E-state index contributed by atoms with van der Waals surface area (Å²) in [5, 5.41) is 8.14. The zero-order valence-electron chi connectivity index (χ0n) is 12.1. The van der Waals surface area contributed by atoms with Crippen molar-refractivity contribution in [2.45, 2.75) is 32.6 Å². The molecule has 21 heavy (non-hydrogen) atoms. The van der Waals surface area contributed by atoms with E-state index >= 15 is 0 Å². The van der Waals surface area contributed by atoms with Crippen molar-refractivity contribution in [1.82, 2.24) is 10.2 Å². The Bertz CT molecular complexity index is 688. The summed E-state index contributed by atoms with van der Waals surface area (Å²) in [7, 11) is 0. The number of carbonyl (C=O) groups is 1. The first-order valence-corrected chi connectivity index (χ1v) is 7.37. The molecule has 0 radical (unpaired) electrons. The molecule has 0 bridgehead atoms. The average Bonchev–Trinajstić information content (AvgIpc) is 2.80. The molecule has 3 rings (SSSR count). The summed E-state index contributed by atoms with van der Waals surface area (Å²) >= 11 is 5.94. The summed E-state index contributed by atoms with van der Waals surface area (Å²) in [6, 6.07) is 7.58. The number of benzene rings is 1. The Labute approximate surface area is 128 Å². The minimum Gasteiger partial charge on any atom is -0.369 e. The SMILES string of the molecule is CC1(C)Cc2c(-c3ccc(Cl)cc3)n[nH]c2C(C(N)=O)C1. The molecule has 110 valence electrons. The lowest BCUT2D eigenvalue weighted by atomic mass is 9.70. The molecule has 3 N–H and O–H groups in total. The van der Waals surface area contributed by atoms with E-state index in [4.69, 9.17) is 17.3 Å². The Morgan fingerprint density at radius 2 is 2.05 bits per heavy atom. The number of fused-ring (bicyclic) bond motifs is 1. The number of nitrogens with zero attached hydrogens (tertiary/aromatic N) is 1. The summed E-state index contributed by atoms with van der Waals surface area (Å²) < 4.78 is 0. The molecule has 0 spiro atoms. The molecule has 0 aliphatic heterocycles. The van der Waals surface area contributed by atoms with Crippen molar-refractivity contribution < 1.29 is 4.79 Å². The predicted molar refractivity (Wildman–Crippen MR) is 83.1 cm³/mol. The maximum Gasteiger partial charge on any atom is 0.226 e. The number of aromatic nitrogens is 2. The van der Waals surface area contributed by atoms with E-state index in [1.54, 1.807) is 0 Å². The van der Waals surface area contributed by atoms with Crippen molar-refractivity contribution in [3.05, 3.63) is 40.5 Å². The van der Waals surface area contributed by atoms with Crippen LogP contribution in [-0.2, 0) is 11.2 Å². The first kappa shape index (κ1) is 14.1. The largest absolute Gasteiger partial charge is 0.369 e. The van der Waals surface area contributed by atoms with Gasteiger partial charge in [-0.3, -0.25) is 9.89 Å². The smallest absolute Gasteiger partial charge is 0.226 e. The highest BCUT2D eigenvalue weighted by Gasteiger charge is 2.38. The minimum absolute atomic E-state index is 0.0255. The van der Waals surface area contributed by atoms with Crippen LogP contribution in [0.25, 0.3) is 11.3 Å². The number of aromatic amines is 1. The van der Waals surface area contributed by atoms with Crippen LogP contribution >= 0.6 is 11.6 Å². The van der Waals surface area contributed by atoms with Gasteiger partial charge in [-0.25, -0.2) is 0 Å². The van der Waals surface area contributed by atoms with Crippen molar-refractivity contribution >= 4 is 17.5 Å². The number of hydrogen-bond donors (Lipinski definition) is 2. The third-order valence-electron chi connectivity index (χ3n) is 4.12. The van der Waals surface area contributed by atoms with Crippen LogP contribution in [0, 0.1) is 5.41 Å². The van der Waals surface area contributed by atoms with Gasteiger partial charge in [0, 0.05) is 16.1 Å². The molecule has 0 fully saturated rings. The van der Waals surface area contributed by atoms with Crippen LogP contribution in [0.15, 0.2) is 24.3 Å². The van der Waals surface area contributed by atoms with Gasteiger partial charge in [-0.2, -0.15) is 5.10 Å². The second-order valence-electron chi connectivity index (χ2n) is 6.47. The van der Waals surface area contributed by atoms with E-state index in [0.29, 0.717) is 5.02 Å². The van der Waals surface area contributed by atoms with Gasteiger partial charge in [-0.05, 0) is 30.4 Å². The maximum absolute atomic E-state index is 11.8. The number of primary amides is 1. The highest BCUT2D eigenvalue weighted by Crippen LogP contribution is 2.44. The molecule has 1 aromatic heterocycles. The number of halogens is 1. The predicted octanol–water partition coefficient (Wildman–Crippen LogP) is 3.27. The number of nitrogens with two attached hydrogens (primary N) is 1. The van der Waals surface area contributed by atoms with Gasteiger partial charge < -0.3 is 5.73 Å². The third kappa shape index (κ3) is 2.56. The van der Waals surface area contributed by atoms with E-state index in [1.165, 1.54) is 0 Å². The van der Waals surface area contributed by atoms with Gasteiger partial charge in [0.05, 0.1) is 17.3 Å². The molecule has 1 amide bonds. The third-order valence-corrected chi connectivity index (χ3v) is 4.37.